The van der Waals surface area contributed by atoms with Gasteiger partial charge in [0.05, 0.1) is 0 Å². The van der Waals surface area contributed by atoms with Crippen LogP contribution in [0, 0.1) is 5.92 Å². The van der Waals surface area contributed by atoms with Gasteiger partial charge >= 0.3 is 0 Å². The van der Waals surface area contributed by atoms with Crippen molar-refractivity contribution in [3.05, 3.63) is 0 Å². The molecule has 1 amide bonds. The Morgan fingerprint density at radius 3 is 2.62 bits per heavy atom. The second-order valence-corrected chi connectivity index (χ2v) is 7.11. The van der Waals surface area contributed by atoms with Crippen molar-refractivity contribution >= 4 is 27.3 Å². The van der Waals surface area contributed by atoms with Crippen molar-refractivity contribution in [2.75, 3.05) is 12.1 Å². The molecule has 0 saturated heterocycles. The Labute approximate surface area is 102 Å². The minimum absolute atomic E-state index is 0.0363. The molecule has 0 aromatic heterocycles. The number of rotatable bonds is 4. The van der Waals surface area contributed by atoms with Crippen LogP contribution in [-0.2, 0) is 14.6 Å². The van der Waals surface area contributed by atoms with E-state index in [-0.39, 0.29) is 12.0 Å². The number of amides is 1. The van der Waals surface area contributed by atoms with E-state index in [2.05, 4.69) is 5.32 Å². The van der Waals surface area contributed by atoms with Gasteiger partial charge in [-0.25, -0.2) is 8.42 Å². The van der Waals surface area contributed by atoms with Gasteiger partial charge in [-0.05, 0) is 25.7 Å². The highest BCUT2D eigenvalue weighted by atomic mass is 35.5. The van der Waals surface area contributed by atoms with Gasteiger partial charge in [-0.1, -0.05) is 6.42 Å². The van der Waals surface area contributed by atoms with Crippen molar-refractivity contribution in [2.24, 2.45) is 5.92 Å². The normalized spacial score (nSPS) is 27.7. The van der Waals surface area contributed by atoms with Gasteiger partial charge < -0.3 is 5.32 Å². The Morgan fingerprint density at radius 1 is 1.50 bits per heavy atom. The molecule has 0 heterocycles. The van der Waals surface area contributed by atoms with Gasteiger partial charge in [0, 0.05) is 18.2 Å². The molecule has 16 heavy (non-hydrogen) atoms. The molecule has 3 atom stereocenters. The lowest BCUT2D eigenvalue weighted by molar-refractivity contribution is -0.121. The molecule has 0 radical (unpaired) electrons. The maximum Gasteiger partial charge on any atom is 0.238 e. The zero-order chi connectivity index (χ0) is 12.3. The van der Waals surface area contributed by atoms with Crippen LogP contribution in [0.2, 0.25) is 0 Å². The fourth-order valence-corrected chi connectivity index (χ4v) is 2.73. The van der Waals surface area contributed by atoms with Crippen LogP contribution < -0.4 is 5.32 Å². The van der Waals surface area contributed by atoms with E-state index in [0.717, 1.165) is 25.5 Å². The average molecular weight is 268 g/mol. The van der Waals surface area contributed by atoms with E-state index < -0.39 is 21.0 Å². The van der Waals surface area contributed by atoms with Gasteiger partial charge in [0.25, 0.3) is 0 Å². The molecular formula is C10H18ClNO3S. The molecule has 94 valence electrons. The Kier molecular flexibility index (Phi) is 4.62. The molecule has 1 aliphatic carbocycles. The molecule has 1 saturated carbocycles. The summed E-state index contributed by atoms with van der Waals surface area (Å²) in [6, 6.07) is 0.0363. The summed E-state index contributed by atoms with van der Waals surface area (Å²) in [5.74, 6) is 0.375. The number of carbonyl (C=O) groups excluding carboxylic acids is 1. The lowest BCUT2D eigenvalue weighted by Gasteiger charge is -2.20. The number of nitrogens with one attached hydrogen (secondary N) is 1. The molecule has 1 N–H and O–H groups in total. The van der Waals surface area contributed by atoms with Crippen molar-refractivity contribution in [3.8, 4) is 0 Å². The molecule has 1 fully saturated rings. The first kappa shape index (κ1) is 13.8. The highest BCUT2D eigenvalue weighted by Gasteiger charge is 2.31. The van der Waals surface area contributed by atoms with E-state index in [0.29, 0.717) is 5.88 Å². The van der Waals surface area contributed by atoms with E-state index in [1.807, 2.05) is 0 Å². The van der Waals surface area contributed by atoms with Crippen molar-refractivity contribution in [2.45, 2.75) is 37.5 Å². The number of hydrogen-bond donors (Lipinski definition) is 1. The van der Waals surface area contributed by atoms with Crippen molar-refractivity contribution in [1.29, 1.82) is 0 Å². The zero-order valence-corrected chi connectivity index (χ0v) is 11.1. The first-order valence-corrected chi connectivity index (χ1v) is 7.90. The third-order valence-corrected chi connectivity index (χ3v) is 5.09. The Hall–Kier alpha value is -0.290. The van der Waals surface area contributed by atoms with Gasteiger partial charge in [-0.3, -0.25) is 4.79 Å². The quantitative estimate of drug-likeness (QED) is 0.771. The second-order valence-electron chi connectivity index (χ2n) is 4.43. The predicted octanol–water partition coefficient (Wildman–Crippen LogP) is 0.943. The molecule has 4 nitrogen and oxygen atoms in total. The fraction of sp³-hybridized carbons (Fsp3) is 0.900. The molecule has 0 bridgehead atoms. The van der Waals surface area contributed by atoms with Crippen LogP contribution in [0.4, 0.5) is 0 Å². The molecular weight excluding hydrogens is 250 g/mol. The van der Waals surface area contributed by atoms with E-state index in [1.165, 1.54) is 6.92 Å². The Bertz CT molecular complexity index is 355. The van der Waals surface area contributed by atoms with Crippen LogP contribution in [0.15, 0.2) is 0 Å². The molecule has 0 aliphatic heterocycles. The van der Waals surface area contributed by atoms with Gasteiger partial charge in [0.2, 0.25) is 5.91 Å². The highest BCUT2D eigenvalue weighted by molar-refractivity contribution is 7.92. The topological polar surface area (TPSA) is 63.2 Å². The molecule has 1 aliphatic rings. The second kappa shape index (κ2) is 5.36. The molecule has 0 spiro atoms. The fourth-order valence-electron chi connectivity index (χ4n) is 1.91. The van der Waals surface area contributed by atoms with Crippen LogP contribution in [0.25, 0.3) is 0 Å². The molecule has 0 aromatic rings. The summed E-state index contributed by atoms with van der Waals surface area (Å²) in [5.41, 5.74) is 0. The minimum atomic E-state index is -3.31. The maximum absolute atomic E-state index is 11.7. The third kappa shape index (κ3) is 3.35. The maximum atomic E-state index is 11.7. The largest absolute Gasteiger partial charge is 0.352 e. The van der Waals surface area contributed by atoms with E-state index >= 15 is 0 Å². The predicted molar refractivity (Wildman–Crippen MR) is 64.3 cm³/mol. The van der Waals surface area contributed by atoms with Crippen molar-refractivity contribution in [3.63, 3.8) is 0 Å². The standard InChI is InChI=1S/C10H18ClNO3S/c1-7(16(2,14)15)10(13)12-9-5-3-4-8(9)6-11/h7-9H,3-6H2,1-2H3,(H,12,13). The van der Waals surface area contributed by atoms with Crippen LogP contribution in [0.3, 0.4) is 0 Å². The van der Waals surface area contributed by atoms with Crippen LogP contribution in [-0.4, -0.2) is 37.8 Å². The summed E-state index contributed by atoms with van der Waals surface area (Å²) in [5, 5.41) is 1.80. The third-order valence-electron chi connectivity index (χ3n) is 3.20. The zero-order valence-electron chi connectivity index (χ0n) is 9.57. The number of alkyl halides is 1. The number of carbonyl (C=O) groups is 1. The Morgan fingerprint density at radius 2 is 2.12 bits per heavy atom. The SMILES string of the molecule is CC(C(=O)NC1CCCC1CCl)S(C)(=O)=O. The van der Waals surface area contributed by atoms with Crippen molar-refractivity contribution in [1.82, 2.24) is 5.32 Å². The average Bonchev–Trinajstić information content (AvgIpc) is 2.62. The van der Waals surface area contributed by atoms with Crippen LogP contribution in [0.1, 0.15) is 26.2 Å². The van der Waals surface area contributed by atoms with Gasteiger partial charge in [0.1, 0.15) is 5.25 Å². The molecule has 1 rings (SSSR count). The van der Waals surface area contributed by atoms with Gasteiger partial charge in [0.15, 0.2) is 9.84 Å². The van der Waals surface area contributed by atoms with Crippen molar-refractivity contribution < 1.29 is 13.2 Å². The summed E-state index contributed by atoms with van der Waals surface area (Å²) in [6.07, 6.45) is 4.00. The summed E-state index contributed by atoms with van der Waals surface area (Å²) in [6.45, 7) is 1.41. The smallest absolute Gasteiger partial charge is 0.238 e. The first-order chi connectivity index (χ1) is 7.36. The van der Waals surface area contributed by atoms with E-state index in [1.54, 1.807) is 0 Å². The summed E-state index contributed by atoms with van der Waals surface area (Å²) < 4.78 is 22.4. The first-order valence-electron chi connectivity index (χ1n) is 5.41. The summed E-state index contributed by atoms with van der Waals surface area (Å²) in [7, 11) is -3.31. The molecule has 6 heteroatoms. The minimum Gasteiger partial charge on any atom is -0.352 e. The van der Waals surface area contributed by atoms with E-state index in [4.69, 9.17) is 11.6 Å². The summed E-state index contributed by atoms with van der Waals surface area (Å²) >= 11 is 5.79. The number of halogens is 1. The lowest BCUT2D eigenvalue weighted by atomic mass is 10.1. The Balaban J connectivity index is 2.58. The summed E-state index contributed by atoms with van der Waals surface area (Å²) in [4.78, 5) is 11.7. The number of sulfone groups is 1. The van der Waals surface area contributed by atoms with E-state index in [9.17, 15) is 13.2 Å². The van der Waals surface area contributed by atoms with Crippen LogP contribution >= 0.6 is 11.6 Å². The monoisotopic (exact) mass is 267 g/mol. The van der Waals surface area contributed by atoms with Gasteiger partial charge in [-0.2, -0.15) is 0 Å². The molecule has 3 unspecified atom stereocenters. The molecule has 0 aromatic carbocycles. The van der Waals surface area contributed by atoms with Crippen LogP contribution in [0.5, 0.6) is 0 Å². The number of hydrogen-bond acceptors (Lipinski definition) is 3. The highest BCUT2D eigenvalue weighted by Crippen LogP contribution is 2.26. The lowest BCUT2D eigenvalue weighted by Crippen LogP contribution is -2.44. The van der Waals surface area contributed by atoms with Gasteiger partial charge in [-0.15, -0.1) is 11.6 Å².